The molecule has 0 aliphatic carbocycles. The Kier molecular flexibility index (Phi) is 5.15. The normalized spacial score (nSPS) is 20.3. The molecule has 29 heavy (non-hydrogen) atoms. The Morgan fingerprint density at radius 1 is 1.14 bits per heavy atom. The molecule has 0 bridgehead atoms. The van der Waals surface area contributed by atoms with Gasteiger partial charge in [0, 0.05) is 56.9 Å². The largest absolute Gasteiger partial charge is 0.341 e. The van der Waals surface area contributed by atoms with E-state index in [2.05, 4.69) is 22.3 Å². The second-order valence-electron chi connectivity index (χ2n) is 8.82. The third-order valence-electron chi connectivity index (χ3n) is 6.35. The van der Waals surface area contributed by atoms with Gasteiger partial charge in [0.2, 0.25) is 11.8 Å². The summed E-state index contributed by atoms with van der Waals surface area (Å²) in [5.74, 6) is 1.33. The number of aryl methyl sites for hydroxylation is 2. The maximum atomic E-state index is 12.7. The minimum absolute atomic E-state index is 0.0334. The smallest absolute Gasteiger partial charge is 0.225 e. The van der Waals surface area contributed by atoms with Gasteiger partial charge in [0.15, 0.2) is 0 Å². The average Bonchev–Trinajstić information content (AvgIpc) is 3.28. The van der Waals surface area contributed by atoms with E-state index in [1.54, 1.807) is 6.33 Å². The first kappa shape index (κ1) is 19.6. The second-order valence-corrected chi connectivity index (χ2v) is 8.82. The molecule has 2 aliphatic rings. The van der Waals surface area contributed by atoms with E-state index in [0.717, 1.165) is 12.2 Å². The molecule has 1 aromatic heterocycles. The van der Waals surface area contributed by atoms with Crippen LogP contribution in [0.1, 0.15) is 37.6 Å². The van der Waals surface area contributed by atoms with Crippen LogP contribution in [0, 0.1) is 11.3 Å². The second kappa shape index (κ2) is 7.61. The summed E-state index contributed by atoms with van der Waals surface area (Å²) >= 11 is 0. The zero-order valence-corrected chi connectivity index (χ0v) is 17.4. The highest BCUT2D eigenvalue weighted by Gasteiger charge is 2.57. The Morgan fingerprint density at radius 3 is 2.45 bits per heavy atom. The van der Waals surface area contributed by atoms with Crippen molar-refractivity contribution in [2.24, 2.45) is 18.4 Å². The summed E-state index contributed by atoms with van der Waals surface area (Å²) in [4.78, 5) is 29.3. The van der Waals surface area contributed by atoms with Crippen LogP contribution in [0.5, 0.6) is 0 Å². The Labute approximate surface area is 171 Å². The Balaban J connectivity index is 1.45. The Hall–Kier alpha value is -2.70. The maximum absolute atomic E-state index is 12.7. The summed E-state index contributed by atoms with van der Waals surface area (Å²) in [5.41, 5.74) is 1.07. The molecule has 0 N–H and O–H groups in total. The van der Waals surface area contributed by atoms with Crippen molar-refractivity contribution in [3.63, 3.8) is 0 Å². The number of rotatable bonds is 5. The van der Waals surface area contributed by atoms with Crippen LogP contribution in [-0.4, -0.2) is 62.6 Å². The van der Waals surface area contributed by atoms with Crippen LogP contribution in [0.4, 0.5) is 0 Å². The number of nitrogens with zero attached hydrogens (tertiary/aromatic N) is 5. The van der Waals surface area contributed by atoms with E-state index in [1.807, 2.05) is 53.5 Å². The van der Waals surface area contributed by atoms with Crippen LogP contribution < -0.4 is 0 Å². The van der Waals surface area contributed by atoms with E-state index in [0.29, 0.717) is 32.6 Å². The fourth-order valence-corrected chi connectivity index (χ4v) is 4.73. The van der Waals surface area contributed by atoms with Crippen LogP contribution in [0.15, 0.2) is 36.7 Å². The maximum Gasteiger partial charge on any atom is 0.225 e. The Bertz CT molecular complexity index is 886. The molecule has 2 fully saturated rings. The molecular weight excluding hydrogens is 366 g/mol. The lowest BCUT2D eigenvalue weighted by atomic mass is 9.71. The SMILES string of the molecule is CC(C)C(=O)N1CC(c2nncn2C)C2(CN(C(=O)CCc3ccccc3)C2)C1. The van der Waals surface area contributed by atoms with Crippen molar-refractivity contribution in [3.8, 4) is 0 Å². The van der Waals surface area contributed by atoms with E-state index in [4.69, 9.17) is 0 Å². The van der Waals surface area contributed by atoms with E-state index in [1.165, 1.54) is 5.56 Å². The first-order chi connectivity index (χ1) is 13.9. The highest BCUT2D eigenvalue weighted by Crippen LogP contribution is 2.49. The highest BCUT2D eigenvalue weighted by molar-refractivity contribution is 5.80. The average molecular weight is 396 g/mol. The van der Waals surface area contributed by atoms with Gasteiger partial charge in [-0.2, -0.15) is 0 Å². The van der Waals surface area contributed by atoms with Crippen LogP contribution >= 0.6 is 0 Å². The molecule has 3 heterocycles. The molecule has 1 atom stereocenters. The molecule has 2 aliphatic heterocycles. The number of likely N-dealkylation sites (tertiary alicyclic amines) is 2. The van der Waals surface area contributed by atoms with Crippen molar-refractivity contribution in [3.05, 3.63) is 48.0 Å². The molecule has 1 spiro atoms. The first-order valence-electron chi connectivity index (χ1n) is 10.3. The summed E-state index contributed by atoms with van der Waals surface area (Å²) < 4.78 is 1.94. The van der Waals surface area contributed by atoms with Gasteiger partial charge >= 0.3 is 0 Å². The van der Waals surface area contributed by atoms with Crippen molar-refractivity contribution in [2.45, 2.75) is 32.6 Å². The van der Waals surface area contributed by atoms with E-state index < -0.39 is 0 Å². The standard InChI is InChI=1S/C22H29N5O2/c1-16(2)21(29)26-11-18(20-24-23-15-25(20)3)22(12-26)13-27(14-22)19(28)10-9-17-7-5-4-6-8-17/h4-8,15-16,18H,9-14H2,1-3H3. The molecule has 154 valence electrons. The van der Waals surface area contributed by atoms with Gasteiger partial charge in [-0.15, -0.1) is 10.2 Å². The van der Waals surface area contributed by atoms with Crippen LogP contribution in [0.3, 0.4) is 0 Å². The minimum atomic E-state index is -0.117. The van der Waals surface area contributed by atoms with Gasteiger partial charge in [-0.25, -0.2) is 0 Å². The van der Waals surface area contributed by atoms with Gasteiger partial charge in [0.1, 0.15) is 12.2 Å². The summed E-state index contributed by atoms with van der Waals surface area (Å²) in [6.45, 7) is 6.56. The van der Waals surface area contributed by atoms with Gasteiger partial charge in [-0.1, -0.05) is 44.2 Å². The number of hydrogen-bond donors (Lipinski definition) is 0. The Morgan fingerprint density at radius 2 is 1.83 bits per heavy atom. The molecule has 7 heteroatoms. The molecule has 1 aromatic carbocycles. The van der Waals surface area contributed by atoms with Crippen molar-refractivity contribution < 1.29 is 9.59 Å². The molecule has 7 nitrogen and oxygen atoms in total. The van der Waals surface area contributed by atoms with E-state index >= 15 is 0 Å². The monoisotopic (exact) mass is 395 g/mol. The lowest BCUT2D eigenvalue weighted by Crippen LogP contribution is -2.62. The van der Waals surface area contributed by atoms with Gasteiger partial charge < -0.3 is 14.4 Å². The summed E-state index contributed by atoms with van der Waals surface area (Å²) in [7, 11) is 1.94. The number of carbonyl (C=O) groups excluding carboxylic acids is 2. The first-order valence-corrected chi connectivity index (χ1v) is 10.3. The predicted octanol–water partition coefficient (Wildman–Crippen LogP) is 1.86. The van der Waals surface area contributed by atoms with Gasteiger partial charge in [0.05, 0.1) is 0 Å². The number of amides is 2. The van der Waals surface area contributed by atoms with Crippen molar-refractivity contribution >= 4 is 11.8 Å². The topological polar surface area (TPSA) is 71.3 Å². The van der Waals surface area contributed by atoms with Gasteiger partial charge in [-0.05, 0) is 12.0 Å². The van der Waals surface area contributed by atoms with Crippen molar-refractivity contribution in [1.82, 2.24) is 24.6 Å². The molecule has 2 aromatic rings. The fraction of sp³-hybridized carbons (Fsp3) is 0.545. The summed E-state index contributed by atoms with van der Waals surface area (Å²) in [6, 6.07) is 10.1. The van der Waals surface area contributed by atoms with Crippen molar-refractivity contribution in [2.75, 3.05) is 26.2 Å². The van der Waals surface area contributed by atoms with Crippen LogP contribution in [0.2, 0.25) is 0 Å². The molecular formula is C22H29N5O2. The molecule has 4 rings (SSSR count). The number of aromatic nitrogens is 3. The minimum Gasteiger partial charge on any atom is -0.341 e. The molecule has 0 radical (unpaired) electrons. The quantitative estimate of drug-likeness (QED) is 0.775. The summed E-state index contributed by atoms with van der Waals surface area (Å²) in [5, 5.41) is 8.37. The van der Waals surface area contributed by atoms with Crippen molar-refractivity contribution in [1.29, 1.82) is 0 Å². The van der Waals surface area contributed by atoms with E-state index in [-0.39, 0.29) is 29.1 Å². The van der Waals surface area contributed by atoms with Crippen LogP contribution in [0.25, 0.3) is 0 Å². The van der Waals surface area contributed by atoms with Gasteiger partial charge in [-0.3, -0.25) is 9.59 Å². The third-order valence-corrected chi connectivity index (χ3v) is 6.35. The number of carbonyl (C=O) groups is 2. The fourth-order valence-electron chi connectivity index (χ4n) is 4.73. The zero-order valence-electron chi connectivity index (χ0n) is 17.4. The highest BCUT2D eigenvalue weighted by atomic mass is 16.2. The zero-order chi connectivity index (χ0) is 20.6. The van der Waals surface area contributed by atoms with Crippen LogP contribution in [-0.2, 0) is 23.1 Å². The molecule has 0 saturated carbocycles. The third kappa shape index (κ3) is 3.66. The molecule has 2 saturated heterocycles. The predicted molar refractivity (Wildman–Crippen MR) is 109 cm³/mol. The molecule has 1 unspecified atom stereocenters. The van der Waals surface area contributed by atoms with E-state index in [9.17, 15) is 9.59 Å². The number of benzene rings is 1. The summed E-state index contributed by atoms with van der Waals surface area (Å²) in [6.07, 6.45) is 2.98. The van der Waals surface area contributed by atoms with Gasteiger partial charge in [0.25, 0.3) is 0 Å². The number of hydrogen-bond acceptors (Lipinski definition) is 4. The lowest BCUT2D eigenvalue weighted by Gasteiger charge is -2.50. The molecule has 2 amide bonds. The lowest BCUT2D eigenvalue weighted by molar-refractivity contribution is -0.144.